The molecule has 114 valence electrons. The Morgan fingerprint density at radius 1 is 1.17 bits per heavy atom. The lowest BCUT2D eigenvalue weighted by molar-refractivity contribution is -0.130. The van der Waals surface area contributed by atoms with Crippen molar-refractivity contribution >= 4 is 17.3 Å². The molecule has 3 aliphatic heterocycles. The summed E-state index contributed by atoms with van der Waals surface area (Å²) in [5.41, 5.74) is 3.54. The Morgan fingerprint density at radius 2 is 1.96 bits per heavy atom. The van der Waals surface area contributed by atoms with Gasteiger partial charge in [0.2, 0.25) is 5.88 Å². The summed E-state index contributed by atoms with van der Waals surface area (Å²) in [6.45, 7) is 4.39. The van der Waals surface area contributed by atoms with Crippen LogP contribution in [0.25, 0.3) is 0 Å². The average Bonchev–Trinajstić information content (AvgIpc) is 3.06. The number of carbonyl (C=O) groups excluding carboxylic acids is 1. The molecule has 5 rings (SSSR count). The van der Waals surface area contributed by atoms with Gasteiger partial charge in [-0.1, -0.05) is 32.0 Å². The van der Waals surface area contributed by atoms with E-state index in [2.05, 4.69) is 40.8 Å². The van der Waals surface area contributed by atoms with Gasteiger partial charge in [-0.15, -0.1) is 0 Å². The molecule has 1 aromatic heterocycles. The Kier molecular flexibility index (Phi) is 2.17. The van der Waals surface area contributed by atoms with Crippen LogP contribution < -0.4 is 14.5 Å². The molecule has 1 unspecified atom stereocenters. The molecular formula is C18H15N3O2. The predicted molar refractivity (Wildman–Crippen MR) is 86.2 cm³/mol. The first-order valence-corrected chi connectivity index (χ1v) is 7.65. The van der Waals surface area contributed by atoms with Gasteiger partial charge in [0.05, 0.1) is 0 Å². The second-order valence-corrected chi connectivity index (χ2v) is 6.62. The van der Waals surface area contributed by atoms with E-state index >= 15 is 0 Å². The van der Waals surface area contributed by atoms with Crippen molar-refractivity contribution in [2.24, 2.45) is 0 Å². The van der Waals surface area contributed by atoms with Crippen LogP contribution in [0.4, 0.5) is 11.4 Å². The minimum Gasteiger partial charge on any atom is -0.400 e. The molecule has 23 heavy (non-hydrogen) atoms. The first-order valence-electron chi connectivity index (χ1n) is 7.65. The number of pyridine rings is 1. The summed E-state index contributed by atoms with van der Waals surface area (Å²) in [7, 11) is 0. The molecule has 0 aliphatic carbocycles. The maximum absolute atomic E-state index is 12.4. The van der Waals surface area contributed by atoms with E-state index in [1.165, 1.54) is 0 Å². The molecule has 5 heteroatoms. The van der Waals surface area contributed by atoms with Crippen LogP contribution in [-0.2, 0) is 10.2 Å². The fourth-order valence-electron chi connectivity index (χ4n) is 3.94. The van der Waals surface area contributed by atoms with E-state index in [0.717, 1.165) is 16.9 Å². The molecule has 3 aliphatic rings. The molecule has 4 heterocycles. The quantitative estimate of drug-likeness (QED) is 0.758. The van der Waals surface area contributed by atoms with Crippen LogP contribution in [-0.4, -0.2) is 17.1 Å². The van der Waals surface area contributed by atoms with Gasteiger partial charge >= 0.3 is 5.97 Å². The summed E-state index contributed by atoms with van der Waals surface area (Å²) >= 11 is 0. The van der Waals surface area contributed by atoms with Gasteiger partial charge in [0.15, 0.2) is 0 Å². The zero-order valence-electron chi connectivity index (χ0n) is 12.9. The van der Waals surface area contributed by atoms with E-state index in [1.54, 1.807) is 6.20 Å². The minimum absolute atomic E-state index is 0.00528. The molecule has 0 fully saturated rings. The monoisotopic (exact) mass is 305 g/mol. The SMILES string of the molecule is CC1(C)c2ccnc3c2N2C(=CN(c4ccccc4)C21)C(=O)O3. The van der Waals surface area contributed by atoms with Gasteiger partial charge in [-0.3, -0.25) is 0 Å². The van der Waals surface area contributed by atoms with Gasteiger partial charge in [-0.25, -0.2) is 9.78 Å². The Hall–Kier alpha value is -2.82. The lowest BCUT2D eigenvalue weighted by atomic mass is 9.84. The number of rotatable bonds is 1. The number of esters is 1. The first kappa shape index (κ1) is 12.7. The average molecular weight is 305 g/mol. The largest absolute Gasteiger partial charge is 0.400 e. The highest BCUT2D eigenvalue weighted by Crippen LogP contribution is 2.56. The van der Waals surface area contributed by atoms with Crippen LogP contribution in [0.2, 0.25) is 0 Å². The zero-order chi connectivity index (χ0) is 15.8. The van der Waals surface area contributed by atoms with Gasteiger partial charge in [0.25, 0.3) is 0 Å². The van der Waals surface area contributed by atoms with Gasteiger partial charge in [-0.2, -0.15) is 0 Å². The molecule has 0 N–H and O–H groups in total. The van der Waals surface area contributed by atoms with Crippen molar-refractivity contribution in [3.8, 4) is 5.88 Å². The number of hydrogen-bond acceptors (Lipinski definition) is 5. The highest BCUT2D eigenvalue weighted by atomic mass is 16.5. The van der Waals surface area contributed by atoms with Crippen molar-refractivity contribution < 1.29 is 9.53 Å². The van der Waals surface area contributed by atoms with Crippen molar-refractivity contribution in [2.45, 2.75) is 25.4 Å². The first-order chi connectivity index (χ1) is 11.1. The standard InChI is InChI=1S/C18H15N3O2/c1-18(2)12-8-9-19-15-14(12)21-13(16(22)23-15)10-20(17(18)21)11-6-4-3-5-7-11/h3-10,17H,1-2H3. The predicted octanol–water partition coefficient (Wildman–Crippen LogP) is 2.79. The molecule has 0 bridgehead atoms. The van der Waals surface area contributed by atoms with Crippen LogP contribution in [0.15, 0.2) is 54.5 Å². The second-order valence-electron chi connectivity index (χ2n) is 6.62. The normalized spacial score (nSPS) is 22.8. The number of carbonyl (C=O) groups is 1. The molecule has 1 aromatic carbocycles. The van der Waals surface area contributed by atoms with Crippen LogP contribution in [0, 0.1) is 0 Å². The van der Waals surface area contributed by atoms with E-state index < -0.39 is 0 Å². The molecular weight excluding hydrogens is 290 g/mol. The number of benzene rings is 1. The topological polar surface area (TPSA) is 45.7 Å². The fraction of sp³-hybridized carbons (Fsp3) is 0.222. The number of ether oxygens (including phenoxy) is 1. The summed E-state index contributed by atoms with van der Waals surface area (Å²) in [6.07, 6.45) is 3.61. The molecule has 0 spiro atoms. The van der Waals surface area contributed by atoms with Crippen LogP contribution in [0.5, 0.6) is 5.88 Å². The van der Waals surface area contributed by atoms with Gasteiger partial charge in [-0.05, 0) is 23.8 Å². The van der Waals surface area contributed by atoms with Crippen LogP contribution in [0.3, 0.4) is 0 Å². The molecule has 0 radical (unpaired) electrons. The van der Waals surface area contributed by atoms with Crippen molar-refractivity contribution in [1.29, 1.82) is 0 Å². The summed E-state index contributed by atoms with van der Waals surface area (Å²) in [6, 6.07) is 12.1. The summed E-state index contributed by atoms with van der Waals surface area (Å²) in [5.74, 6) is 0.0680. The Morgan fingerprint density at radius 3 is 2.74 bits per heavy atom. The Balaban J connectivity index is 1.78. The highest BCUT2D eigenvalue weighted by Gasteiger charge is 2.56. The number of para-hydroxylation sites is 1. The number of anilines is 2. The summed E-state index contributed by atoms with van der Waals surface area (Å²) in [5, 5.41) is 0. The van der Waals surface area contributed by atoms with Gasteiger partial charge in [0, 0.05) is 23.5 Å². The molecule has 0 saturated carbocycles. The lowest BCUT2D eigenvalue weighted by Gasteiger charge is -2.36. The lowest BCUT2D eigenvalue weighted by Crippen LogP contribution is -2.48. The smallest absolute Gasteiger partial charge is 0.363 e. The van der Waals surface area contributed by atoms with Gasteiger partial charge in [0.1, 0.15) is 17.6 Å². The van der Waals surface area contributed by atoms with Crippen molar-refractivity contribution in [1.82, 2.24) is 4.98 Å². The Labute approximate surface area is 133 Å². The fourth-order valence-corrected chi connectivity index (χ4v) is 3.94. The van der Waals surface area contributed by atoms with Gasteiger partial charge < -0.3 is 14.5 Å². The van der Waals surface area contributed by atoms with Crippen molar-refractivity contribution in [3.63, 3.8) is 0 Å². The molecule has 2 aromatic rings. The van der Waals surface area contributed by atoms with Crippen LogP contribution >= 0.6 is 0 Å². The maximum atomic E-state index is 12.4. The van der Waals surface area contributed by atoms with Crippen LogP contribution in [0.1, 0.15) is 19.4 Å². The third-order valence-corrected chi connectivity index (χ3v) is 4.95. The number of aromatic nitrogens is 1. The zero-order valence-corrected chi connectivity index (χ0v) is 12.9. The molecule has 1 atom stereocenters. The van der Waals surface area contributed by atoms with Crippen molar-refractivity contribution in [3.05, 3.63) is 60.1 Å². The maximum Gasteiger partial charge on any atom is 0.363 e. The summed E-state index contributed by atoms with van der Waals surface area (Å²) in [4.78, 5) is 20.9. The van der Waals surface area contributed by atoms with Crippen molar-refractivity contribution in [2.75, 3.05) is 9.80 Å². The van der Waals surface area contributed by atoms with E-state index in [1.807, 2.05) is 30.5 Å². The second kappa shape index (κ2) is 3.93. The number of hydrogen-bond donors (Lipinski definition) is 0. The molecule has 5 nitrogen and oxygen atoms in total. The van der Waals surface area contributed by atoms with E-state index in [-0.39, 0.29) is 17.6 Å². The summed E-state index contributed by atoms with van der Waals surface area (Å²) < 4.78 is 5.44. The van der Waals surface area contributed by atoms with E-state index in [4.69, 9.17) is 4.74 Å². The molecule has 0 saturated heterocycles. The Bertz CT molecular complexity index is 873. The molecule has 0 amide bonds. The van der Waals surface area contributed by atoms with E-state index in [0.29, 0.717) is 11.6 Å². The number of nitrogens with zero attached hydrogens (tertiary/aromatic N) is 3. The third-order valence-electron chi connectivity index (χ3n) is 4.95. The van der Waals surface area contributed by atoms with E-state index in [9.17, 15) is 4.79 Å². The minimum atomic E-state index is -0.344. The third kappa shape index (κ3) is 1.42. The highest BCUT2D eigenvalue weighted by molar-refractivity contribution is 6.02.